The van der Waals surface area contributed by atoms with Gasteiger partial charge in [0.1, 0.15) is 0 Å². The Balaban J connectivity index is 1.82. The van der Waals surface area contributed by atoms with Crippen LogP contribution < -0.4 is 5.32 Å². The quantitative estimate of drug-likeness (QED) is 0.902. The van der Waals surface area contributed by atoms with E-state index in [0.29, 0.717) is 6.04 Å². The molecule has 0 aromatic carbocycles. The molecule has 5 heteroatoms. The van der Waals surface area contributed by atoms with E-state index in [9.17, 15) is 4.79 Å². The molecule has 0 radical (unpaired) electrons. The number of thiophene rings is 1. The maximum atomic E-state index is 12.1. The SMILES string of the molecule is CC(C)NC1CCN(CCc2ccc(Cl)s2)C1=O. The first-order chi connectivity index (χ1) is 8.56. The first kappa shape index (κ1) is 13.8. The average molecular weight is 287 g/mol. The second kappa shape index (κ2) is 6.04. The minimum atomic E-state index is 0.0110. The number of nitrogens with one attached hydrogen (secondary N) is 1. The summed E-state index contributed by atoms with van der Waals surface area (Å²) >= 11 is 7.49. The van der Waals surface area contributed by atoms with Crippen molar-refractivity contribution in [3.8, 4) is 0 Å². The fourth-order valence-electron chi connectivity index (χ4n) is 2.25. The van der Waals surface area contributed by atoms with Gasteiger partial charge in [0.25, 0.3) is 0 Å². The second-order valence-corrected chi connectivity index (χ2v) is 6.74. The largest absolute Gasteiger partial charge is 0.341 e. The van der Waals surface area contributed by atoms with Crippen LogP contribution in [0.3, 0.4) is 0 Å². The summed E-state index contributed by atoms with van der Waals surface area (Å²) in [6.45, 7) is 5.81. The summed E-state index contributed by atoms with van der Waals surface area (Å²) in [6, 6.07) is 4.32. The summed E-state index contributed by atoms with van der Waals surface area (Å²) < 4.78 is 0.817. The lowest BCUT2D eigenvalue weighted by molar-refractivity contribution is -0.129. The molecule has 2 heterocycles. The topological polar surface area (TPSA) is 32.3 Å². The number of carbonyl (C=O) groups is 1. The normalized spacial score (nSPS) is 20.1. The third-order valence-corrected chi connectivity index (χ3v) is 4.38. The first-order valence-corrected chi connectivity index (χ1v) is 7.55. The van der Waals surface area contributed by atoms with E-state index in [2.05, 4.69) is 19.2 Å². The van der Waals surface area contributed by atoms with Gasteiger partial charge in [-0.05, 0) is 25.0 Å². The van der Waals surface area contributed by atoms with Gasteiger partial charge in [0, 0.05) is 24.0 Å². The predicted octanol–water partition coefficient (Wildman–Crippen LogP) is 2.54. The molecule has 1 unspecified atom stereocenters. The van der Waals surface area contributed by atoms with Crippen LogP contribution in [0, 0.1) is 0 Å². The highest BCUT2D eigenvalue weighted by Crippen LogP contribution is 2.22. The van der Waals surface area contributed by atoms with Crippen molar-refractivity contribution >= 4 is 28.8 Å². The van der Waals surface area contributed by atoms with Gasteiger partial charge in [-0.25, -0.2) is 0 Å². The molecule has 0 spiro atoms. The van der Waals surface area contributed by atoms with Crippen LogP contribution in [0.2, 0.25) is 4.34 Å². The highest BCUT2D eigenvalue weighted by atomic mass is 35.5. The lowest BCUT2D eigenvalue weighted by Gasteiger charge is -2.18. The maximum Gasteiger partial charge on any atom is 0.239 e. The highest BCUT2D eigenvalue weighted by Gasteiger charge is 2.31. The highest BCUT2D eigenvalue weighted by molar-refractivity contribution is 7.16. The van der Waals surface area contributed by atoms with E-state index in [-0.39, 0.29) is 11.9 Å². The molecular formula is C13H19ClN2OS. The Hall–Kier alpha value is -0.580. The van der Waals surface area contributed by atoms with Crippen molar-refractivity contribution in [1.82, 2.24) is 10.2 Å². The molecule has 1 N–H and O–H groups in total. The zero-order chi connectivity index (χ0) is 13.1. The average Bonchev–Trinajstić information content (AvgIpc) is 2.85. The summed E-state index contributed by atoms with van der Waals surface area (Å²) in [5.41, 5.74) is 0. The Kier molecular flexibility index (Phi) is 4.65. The van der Waals surface area contributed by atoms with Gasteiger partial charge >= 0.3 is 0 Å². The van der Waals surface area contributed by atoms with E-state index in [1.165, 1.54) is 4.88 Å². The van der Waals surface area contributed by atoms with E-state index < -0.39 is 0 Å². The Morgan fingerprint density at radius 3 is 2.94 bits per heavy atom. The number of hydrogen-bond acceptors (Lipinski definition) is 3. The number of likely N-dealkylation sites (tertiary alicyclic amines) is 1. The van der Waals surface area contributed by atoms with Crippen LogP contribution in [0.5, 0.6) is 0 Å². The van der Waals surface area contributed by atoms with Gasteiger partial charge in [0.05, 0.1) is 10.4 Å². The monoisotopic (exact) mass is 286 g/mol. The van der Waals surface area contributed by atoms with Gasteiger partial charge in [-0.15, -0.1) is 11.3 Å². The van der Waals surface area contributed by atoms with Crippen LogP contribution >= 0.6 is 22.9 Å². The van der Waals surface area contributed by atoms with Crippen molar-refractivity contribution in [2.75, 3.05) is 13.1 Å². The number of hydrogen-bond donors (Lipinski definition) is 1. The van der Waals surface area contributed by atoms with Crippen LogP contribution in [-0.2, 0) is 11.2 Å². The molecule has 1 fully saturated rings. The first-order valence-electron chi connectivity index (χ1n) is 6.35. The molecule has 1 aromatic heterocycles. The van der Waals surface area contributed by atoms with Crippen molar-refractivity contribution in [3.63, 3.8) is 0 Å². The van der Waals surface area contributed by atoms with Gasteiger partial charge in [0.2, 0.25) is 5.91 Å². The fraction of sp³-hybridized carbons (Fsp3) is 0.615. The molecule has 1 amide bonds. The molecule has 1 aliphatic rings. The van der Waals surface area contributed by atoms with E-state index in [0.717, 1.165) is 30.3 Å². The molecule has 1 atom stereocenters. The van der Waals surface area contributed by atoms with Gasteiger partial charge in [-0.3, -0.25) is 4.79 Å². The standard InChI is InChI=1S/C13H19ClN2OS/c1-9(2)15-11-6-8-16(13(11)17)7-5-10-3-4-12(14)18-10/h3-4,9,11,15H,5-8H2,1-2H3. The molecule has 2 rings (SSSR count). The minimum Gasteiger partial charge on any atom is -0.341 e. The molecule has 3 nitrogen and oxygen atoms in total. The van der Waals surface area contributed by atoms with Crippen molar-refractivity contribution < 1.29 is 4.79 Å². The number of carbonyl (C=O) groups excluding carboxylic acids is 1. The van der Waals surface area contributed by atoms with E-state index >= 15 is 0 Å². The number of halogens is 1. The Morgan fingerprint density at radius 2 is 2.33 bits per heavy atom. The van der Waals surface area contributed by atoms with Gasteiger partial charge in [0.15, 0.2) is 0 Å². The molecular weight excluding hydrogens is 268 g/mol. The van der Waals surface area contributed by atoms with Crippen LogP contribution in [0.25, 0.3) is 0 Å². The molecule has 100 valence electrons. The zero-order valence-electron chi connectivity index (χ0n) is 10.8. The third-order valence-electron chi connectivity index (χ3n) is 3.09. The summed E-state index contributed by atoms with van der Waals surface area (Å²) in [5.74, 6) is 0.242. The maximum absolute atomic E-state index is 12.1. The molecule has 1 aromatic rings. The van der Waals surface area contributed by atoms with E-state index in [1.54, 1.807) is 11.3 Å². The third kappa shape index (κ3) is 3.46. The van der Waals surface area contributed by atoms with Crippen LogP contribution in [0.15, 0.2) is 12.1 Å². The van der Waals surface area contributed by atoms with Crippen molar-refractivity contribution in [1.29, 1.82) is 0 Å². The second-order valence-electron chi connectivity index (χ2n) is 4.94. The van der Waals surface area contributed by atoms with Crippen molar-refractivity contribution in [2.45, 2.75) is 38.8 Å². The van der Waals surface area contributed by atoms with Gasteiger partial charge in [-0.1, -0.05) is 25.4 Å². The van der Waals surface area contributed by atoms with E-state index in [1.807, 2.05) is 17.0 Å². The molecule has 0 bridgehead atoms. The fourth-order valence-corrected chi connectivity index (χ4v) is 3.33. The van der Waals surface area contributed by atoms with Crippen molar-refractivity contribution in [3.05, 3.63) is 21.3 Å². The number of rotatable bonds is 5. The summed E-state index contributed by atoms with van der Waals surface area (Å²) in [5, 5.41) is 3.31. The lowest BCUT2D eigenvalue weighted by atomic mass is 10.2. The van der Waals surface area contributed by atoms with Crippen LogP contribution in [0.1, 0.15) is 25.1 Å². The molecule has 1 saturated heterocycles. The van der Waals surface area contributed by atoms with Gasteiger partial charge in [-0.2, -0.15) is 0 Å². The predicted molar refractivity (Wildman–Crippen MR) is 76.3 cm³/mol. The minimum absolute atomic E-state index is 0.0110. The Morgan fingerprint density at radius 1 is 1.56 bits per heavy atom. The Labute approximate surface area is 117 Å². The molecule has 0 aliphatic carbocycles. The molecule has 18 heavy (non-hydrogen) atoms. The summed E-state index contributed by atoms with van der Waals surface area (Å²) in [6.07, 6.45) is 1.82. The summed E-state index contributed by atoms with van der Waals surface area (Å²) in [7, 11) is 0. The van der Waals surface area contributed by atoms with Crippen LogP contribution in [-0.4, -0.2) is 36.0 Å². The Bertz CT molecular complexity index is 419. The van der Waals surface area contributed by atoms with Gasteiger partial charge < -0.3 is 10.2 Å². The molecule has 0 saturated carbocycles. The smallest absolute Gasteiger partial charge is 0.239 e. The number of amides is 1. The zero-order valence-corrected chi connectivity index (χ0v) is 12.4. The summed E-state index contributed by atoms with van der Waals surface area (Å²) in [4.78, 5) is 15.3. The van der Waals surface area contributed by atoms with Crippen LogP contribution in [0.4, 0.5) is 0 Å². The van der Waals surface area contributed by atoms with E-state index in [4.69, 9.17) is 11.6 Å². The van der Waals surface area contributed by atoms with Crippen molar-refractivity contribution in [2.24, 2.45) is 0 Å². The number of nitrogens with zero attached hydrogens (tertiary/aromatic N) is 1. The molecule has 1 aliphatic heterocycles. The lowest BCUT2D eigenvalue weighted by Crippen LogP contribution is -2.41.